The highest BCUT2D eigenvalue weighted by molar-refractivity contribution is 7.89. The number of amides is 1. The van der Waals surface area contributed by atoms with E-state index in [-0.39, 0.29) is 28.0 Å². The first-order chi connectivity index (χ1) is 14.4. The zero-order valence-electron chi connectivity index (χ0n) is 17.3. The fraction of sp³-hybridized carbons (Fsp3) is 0.667. The molecule has 1 amide bonds. The van der Waals surface area contributed by atoms with E-state index in [2.05, 4.69) is 0 Å². The number of rotatable bonds is 4. The van der Waals surface area contributed by atoms with Crippen molar-refractivity contribution in [3.8, 4) is 0 Å². The summed E-state index contributed by atoms with van der Waals surface area (Å²) in [4.78, 5) is 15.0. The fourth-order valence-electron chi connectivity index (χ4n) is 4.59. The van der Waals surface area contributed by atoms with Crippen molar-refractivity contribution in [2.45, 2.75) is 43.8 Å². The second-order valence-corrected chi connectivity index (χ2v) is 10.8. The lowest BCUT2D eigenvalue weighted by molar-refractivity contribution is -0.0969. The molecule has 3 fully saturated rings. The summed E-state index contributed by atoms with van der Waals surface area (Å²) in [6.45, 7) is 5.36. The van der Waals surface area contributed by atoms with Gasteiger partial charge in [0.15, 0.2) is 6.29 Å². The van der Waals surface area contributed by atoms with Gasteiger partial charge in [-0.2, -0.15) is 4.31 Å². The van der Waals surface area contributed by atoms with Crippen LogP contribution >= 0.6 is 11.6 Å². The minimum absolute atomic E-state index is 0.0140. The quantitative estimate of drug-likeness (QED) is 0.696. The van der Waals surface area contributed by atoms with Gasteiger partial charge in [0.2, 0.25) is 10.0 Å². The first kappa shape index (κ1) is 22.0. The van der Waals surface area contributed by atoms with Gasteiger partial charge < -0.3 is 14.4 Å². The molecule has 1 aromatic carbocycles. The maximum absolute atomic E-state index is 13.2. The summed E-state index contributed by atoms with van der Waals surface area (Å²) in [7, 11) is -3.75. The summed E-state index contributed by atoms with van der Waals surface area (Å²) in [6, 6.07) is 4.56. The third-order valence-corrected chi connectivity index (χ3v) is 8.54. The number of halogens is 1. The van der Waals surface area contributed by atoms with Crippen LogP contribution in [0.5, 0.6) is 0 Å². The molecule has 3 aliphatic heterocycles. The average Bonchev–Trinajstić information content (AvgIpc) is 3.28. The van der Waals surface area contributed by atoms with E-state index in [4.69, 9.17) is 21.1 Å². The number of sulfonamides is 1. The predicted molar refractivity (Wildman–Crippen MR) is 113 cm³/mol. The summed E-state index contributed by atoms with van der Waals surface area (Å²) in [5.41, 5.74) is 0.344. The van der Waals surface area contributed by atoms with Crippen LogP contribution in [-0.2, 0) is 19.5 Å². The topological polar surface area (TPSA) is 76.2 Å². The molecule has 3 saturated heterocycles. The maximum atomic E-state index is 13.2. The highest BCUT2D eigenvalue weighted by Crippen LogP contribution is 2.31. The van der Waals surface area contributed by atoms with Gasteiger partial charge in [-0.1, -0.05) is 18.5 Å². The highest BCUT2D eigenvalue weighted by atomic mass is 35.5. The van der Waals surface area contributed by atoms with Gasteiger partial charge in [-0.3, -0.25) is 4.79 Å². The Morgan fingerprint density at radius 3 is 2.57 bits per heavy atom. The van der Waals surface area contributed by atoms with Crippen LogP contribution in [0.1, 0.15) is 43.0 Å². The number of benzene rings is 1. The molecular weight excluding hydrogens is 428 g/mol. The standard InChI is InChI=1S/C21H29ClN2O5S/c1-15-4-2-9-24(13-15)30(26,27)19-12-16(6-7-18(19)22)20(25)23-8-3-5-17(14-23)21-28-10-11-29-21/h6-7,12,15,17,21H,2-5,8-11,13-14H2,1H3. The summed E-state index contributed by atoms with van der Waals surface area (Å²) >= 11 is 6.27. The van der Waals surface area contributed by atoms with E-state index in [0.29, 0.717) is 50.9 Å². The molecule has 0 bridgehead atoms. The van der Waals surface area contributed by atoms with Crippen LogP contribution in [0.4, 0.5) is 0 Å². The monoisotopic (exact) mass is 456 g/mol. The normalized spacial score (nSPS) is 26.8. The summed E-state index contributed by atoms with van der Waals surface area (Å²) in [5.74, 6) is 0.260. The van der Waals surface area contributed by atoms with Crippen molar-refractivity contribution in [3.05, 3.63) is 28.8 Å². The van der Waals surface area contributed by atoms with Gasteiger partial charge in [0.05, 0.1) is 18.2 Å². The van der Waals surface area contributed by atoms with Crippen molar-refractivity contribution in [1.82, 2.24) is 9.21 Å². The van der Waals surface area contributed by atoms with Gasteiger partial charge >= 0.3 is 0 Å². The zero-order chi connectivity index (χ0) is 21.3. The minimum Gasteiger partial charge on any atom is -0.350 e. The van der Waals surface area contributed by atoms with Crippen LogP contribution in [0, 0.1) is 11.8 Å². The average molecular weight is 457 g/mol. The van der Waals surface area contributed by atoms with Crippen molar-refractivity contribution in [2.75, 3.05) is 39.4 Å². The molecule has 2 atom stereocenters. The number of hydrogen-bond acceptors (Lipinski definition) is 5. The number of likely N-dealkylation sites (tertiary alicyclic amines) is 1. The minimum atomic E-state index is -3.75. The molecule has 1 aromatic rings. The van der Waals surface area contributed by atoms with Crippen molar-refractivity contribution in [2.24, 2.45) is 11.8 Å². The second kappa shape index (κ2) is 9.12. The first-order valence-corrected chi connectivity index (χ1v) is 12.5. The van der Waals surface area contributed by atoms with Crippen LogP contribution in [-0.4, -0.2) is 69.2 Å². The molecule has 0 radical (unpaired) electrons. The molecular formula is C21H29ClN2O5S. The summed E-state index contributed by atoms with van der Waals surface area (Å²) < 4.78 is 39.2. The van der Waals surface area contributed by atoms with E-state index in [1.54, 1.807) is 11.0 Å². The Bertz CT molecular complexity index is 887. The molecule has 3 aliphatic rings. The van der Waals surface area contributed by atoms with Gasteiger partial charge in [0.1, 0.15) is 4.90 Å². The molecule has 0 aromatic heterocycles. The van der Waals surface area contributed by atoms with Crippen LogP contribution in [0.2, 0.25) is 5.02 Å². The lowest BCUT2D eigenvalue weighted by Gasteiger charge is -2.35. The molecule has 30 heavy (non-hydrogen) atoms. The molecule has 4 rings (SSSR count). The SMILES string of the molecule is CC1CCCN(S(=O)(=O)c2cc(C(=O)N3CCCC(C4OCCO4)C3)ccc2Cl)C1. The number of nitrogens with zero attached hydrogens (tertiary/aromatic N) is 2. The molecule has 7 nitrogen and oxygen atoms in total. The number of carbonyl (C=O) groups excluding carboxylic acids is 1. The van der Waals surface area contributed by atoms with E-state index < -0.39 is 10.0 Å². The Kier molecular flexibility index (Phi) is 6.70. The molecule has 2 unspecified atom stereocenters. The number of hydrogen-bond donors (Lipinski definition) is 0. The molecule has 0 aliphatic carbocycles. The number of piperidine rings is 2. The van der Waals surface area contributed by atoms with Gasteiger partial charge in [0, 0.05) is 37.7 Å². The Hall–Kier alpha value is -1.19. The first-order valence-electron chi connectivity index (χ1n) is 10.7. The summed E-state index contributed by atoms with van der Waals surface area (Å²) in [6.07, 6.45) is 3.40. The van der Waals surface area contributed by atoms with Gasteiger partial charge in [-0.15, -0.1) is 0 Å². The third-order valence-electron chi connectivity index (χ3n) is 6.19. The van der Waals surface area contributed by atoms with Crippen molar-refractivity contribution in [1.29, 1.82) is 0 Å². The lowest BCUT2D eigenvalue weighted by Crippen LogP contribution is -2.44. The van der Waals surface area contributed by atoms with Crippen molar-refractivity contribution in [3.63, 3.8) is 0 Å². The summed E-state index contributed by atoms with van der Waals surface area (Å²) in [5, 5.41) is 0.147. The molecule has 0 N–H and O–H groups in total. The van der Waals surface area contributed by atoms with Crippen LogP contribution in [0.25, 0.3) is 0 Å². The van der Waals surface area contributed by atoms with Crippen LogP contribution < -0.4 is 0 Å². The van der Waals surface area contributed by atoms with E-state index in [1.807, 2.05) is 6.92 Å². The largest absolute Gasteiger partial charge is 0.350 e. The van der Waals surface area contributed by atoms with Gasteiger partial charge in [-0.05, 0) is 49.8 Å². The number of ether oxygens (including phenoxy) is 2. The van der Waals surface area contributed by atoms with Crippen molar-refractivity contribution < 1.29 is 22.7 Å². The van der Waals surface area contributed by atoms with Gasteiger partial charge in [-0.25, -0.2) is 8.42 Å². The lowest BCUT2D eigenvalue weighted by atomic mass is 9.96. The Morgan fingerprint density at radius 1 is 1.10 bits per heavy atom. The third kappa shape index (κ3) is 4.53. The van der Waals surface area contributed by atoms with E-state index in [9.17, 15) is 13.2 Å². The van der Waals surface area contributed by atoms with E-state index in [0.717, 1.165) is 25.7 Å². The van der Waals surface area contributed by atoms with Crippen molar-refractivity contribution >= 4 is 27.5 Å². The van der Waals surface area contributed by atoms with Crippen LogP contribution in [0.15, 0.2) is 23.1 Å². The van der Waals surface area contributed by atoms with Gasteiger partial charge in [0.25, 0.3) is 5.91 Å². The highest BCUT2D eigenvalue weighted by Gasteiger charge is 2.34. The second-order valence-electron chi connectivity index (χ2n) is 8.52. The van der Waals surface area contributed by atoms with E-state index >= 15 is 0 Å². The zero-order valence-corrected chi connectivity index (χ0v) is 18.8. The molecule has 9 heteroatoms. The Balaban J connectivity index is 1.54. The Morgan fingerprint density at radius 2 is 1.83 bits per heavy atom. The van der Waals surface area contributed by atoms with Crippen LogP contribution in [0.3, 0.4) is 0 Å². The maximum Gasteiger partial charge on any atom is 0.253 e. The molecule has 0 spiro atoms. The molecule has 166 valence electrons. The Labute approximate surface area is 183 Å². The van der Waals surface area contributed by atoms with E-state index in [1.165, 1.54) is 16.4 Å². The number of carbonyl (C=O) groups is 1. The molecule has 0 saturated carbocycles. The smallest absolute Gasteiger partial charge is 0.253 e. The predicted octanol–water partition coefficient (Wildman–Crippen LogP) is 2.99. The molecule has 3 heterocycles. The fourth-order valence-corrected chi connectivity index (χ4v) is 6.68.